The van der Waals surface area contributed by atoms with Gasteiger partial charge in [0, 0.05) is 0 Å². The largest absolute Gasteiger partial charge is 0.524 e. The molecule has 0 heterocycles. The lowest BCUT2D eigenvalue weighted by Gasteiger charge is -2.14. The van der Waals surface area contributed by atoms with Crippen LogP contribution in [0.3, 0.4) is 0 Å². The molecule has 0 radical (unpaired) electrons. The number of esters is 1. The molecule has 0 aliphatic heterocycles. The van der Waals surface area contributed by atoms with E-state index in [1.165, 1.54) is 25.3 Å². The molecule has 9 nitrogen and oxygen atoms in total. The molecule has 1 atom stereocenters. The van der Waals surface area contributed by atoms with Crippen LogP contribution in [0.15, 0.2) is 18.2 Å². The number of carbonyl (C=O) groups excluding carboxylic acids is 1. The third-order valence-corrected chi connectivity index (χ3v) is 2.80. The zero-order valence-corrected chi connectivity index (χ0v) is 13.4. The van der Waals surface area contributed by atoms with E-state index < -0.39 is 25.6 Å². The molecule has 0 spiro atoms. The van der Waals surface area contributed by atoms with E-state index in [0.717, 1.165) is 0 Å². The van der Waals surface area contributed by atoms with Gasteiger partial charge in [-0.3, -0.25) is 20.4 Å². The fraction of sp³-hybridized carbons (Fsp3) is 0.417. The first-order chi connectivity index (χ1) is 10.3. The zero-order chi connectivity index (χ0) is 17.3. The van der Waals surface area contributed by atoms with Crippen LogP contribution < -0.4 is 15.8 Å². The van der Waals surface area contributed by atoms with Crippen LogP contribution >= 0.6 is 7.82 Å². The molecule has 1 unspecified atom stereocenters. The van der Waals surface area contributed by atoms with Crippen LogP contribution in [0, 0.1) is 0 Å². The lowest BCUT2D eigenvalue weighted by atomic mass is 10.1. The van der Waals surface area contributed by atoms with E-state index in [2.05, 4.69) is 14.7 Å². The number of phosphoric ester groups is 1. The molecular weight excluding hydrogens is 315 g/mol. The van der Waals surface area contributed by atoms with Gasteiger partial charge < -0.3 is 14.4 Å². The summed E-state index contributed by atoms with van der Waals surface area (Å²) in [6, 6.07) is 3.00. The van der Waals surface area contributed by atoms with Crippen molar-refractivity contribution >= 4 is 13.8 Å². The molecule has 0 aliphatic rings. The Labute approximate surface area is 128 Å². The summed E-state index contributed by atoms with van der Waals surface area (Å²) in [7, 11) is -3.54. The van der Waals surface area contributed by atoms with E-state index in [-0.39, 0.29) is 12.2 Å². The Bertz CT molecular complexity index is 532. The van der Waals surface area contributed by atoms with E-state index >= 15 is 0 Å². The number of hydrogen-bond donors (Lipinski definition) is 5. The van der Waals surface area contributed by atoms with Crippen LogP contribution in [-0.2, 0) is 20.5 Å². The van der Waals surface area contributed by atoms with Crippen molar-refractivity contribution in [3.8, 4) is 11.5 Å². The number of hydrazine groups is 1. The lowest BCUT2D eigenvalue weighted by Crippen LogP contribution is -2.43. The standard InChI is InChI=1S/C10H15N2O7P.C2H6/c1-18-10(14)7(12-11)4-6-2-3-9(8(13)5-6)19-20(15,16)17;1-2/h2-3,5,7,12-13H,4,11H2,1H3,(H2,15,16,17);1-2H3. The Morgan fingerprint density at radius 2 is 2.00 bits per heavy atom. The lowest BCUT2D eigenvalue weighted by molar-refractivity contribution is -0.143. The predicted octanol–water partition coefficient (Wildman–Crippen LogP) is 0.437. The number of aromatic hydroxyl groups is 1. The van der Waals surface area contributed by atoms with Crippen LogP contribution in [0.25, 0.3) is 0 Å². The van der Waals surface area contributed by atoms with Crippen molar-refractivity contribution in [2.45, 2.75) is 26.3 Å². The highest BCUT2D eigenvalue weighted by Gasteiger charge is 2.21. The summed E-state index contributed by atoms with van der Waals surface area (Å²) in [5.41, 5.74) is 2.76. The topological polar surface area (TPSA) is 151 Å². The minimum absolute atomic E-state index is 0.118. The smallest absolute Gasteiger partial charge is 0.504 e. The number of nitrogens with one attached hydrogen (secondary N) is 1. The first kappa shape index (κ1) is 20.4. The van der Waals surface area contributed by atoms with Gasteiger partial charge >= 0.3 is 13.8 Å². The van der Waals surface area contributed by atoms with E-state index in [9.17, 15) is 14.5 Å². The minimum Gasteiger partial charge on any atom is -0.504 e. The molecule has 0 amide bonds. The fourth-order valence-electron chi connectivity index (χ4n) is 1.48. The summed E-state index contributed by atoms with van der Waals surface area (Å²) in [6.45, 7) is 4.00. The number of ether oxygens (including phenoxy) is 1. The summed E-state index contributed by atoms with van der Waals surface area (Å²) in [5.74, 6) is 3.80. The maximum absolute atomic E-state index is 11.3. The second kappa shape index (κ2) is 9.39. The SMILES string of the molecule is CC.COC(=O)C(Cc1ccc(OP(=O)(O)O)c(O)c1)NN. The van der Waals surface area contributed by atoms with Crippen molar-refractivity contribution in [2.24, 2.45) is 5.84 Å². The van der Waals surface area contributed by atoms with E-state index in [4.69, 9.17) is 15.6 Å². The third-order valence-electron chi connectivity index (χ3n) is 2.37. The number of benzene rings is 1. The number of hydrogen-bond acceptors (Lipinski definition) is 7. The molecular formula is C12H21N2O7P. The van der Waals surface area contributed by atoms with E-state index in [0.29, 0.717) is 5.56 Å². The van der Waals surface area contributed by atoms with Crippen molar-refractivity contribution in [1.82, 2.24) is 5.43 Å². The maximum Gasteiger partial charge on any atom is 0.524 e. The van der Waals surface area contributed by atoms with Gasteiger partial charge in [-0.2, -0.15) is 0 Å². The van der Waals surface area contributed by atoms with Crippen molar-refractivity contribution in [3.63, 3.8) is 0 Å². The van der Waals surface area contributed by atoms with Gasteiger partial charge in [-0.05, 0) is 24.1 Å². The summed E-state index contributed by atoms with van der Waals surface area (Å²) in [6.07, 6.45) is 0.118. The molecule has 0 saturated carbocycles. The molecule has 0 aliphatic carbocycles. The number of phosphoric acid groups is 1. The van der Waals surface area contributed by atoms with Gasteiger partial charge in [0.15, 0.2) is 11.5 Å². The first-order valence-corrected chi connectivity index (χ1v) is 7.91. The summed E-state index contributed by atoms with van der Waals surface area (Å²) >= 11 is 0. The van der Waals surface area contributed by atoms with Gasteiger partial charge in [0.1, 0.15) is 6.04 Å². The Morgan fingerprint density at radius 1 is 1.41 bits per heavy atom. The van der Waals surface area contributed by atoms with Crippen LogP contribution in [0.1, 0.15) is 19.4 Å². The Hall–Kier alpha value is -1.64. The molecule has 0 aromatic heterocycles. The van der Waals surface area contributed by atoms with Gasteiger partial charge in [-0.15, -0.1) is 0 Å². The van der Waals surface area contributed by atoms with Crippen LogP contribution in [-0.4, -0.2) is 34.0 Å². The molecule has 1 aromatic rings. The van der Waals surface area contributed by atoms with Gasteiger partial charge in [-0.25, -0.2) is 9.99 Å². The number of rotatable bonds is 6. The predicted molar refractivity (Wildman–Crippen MR) is 79.0 cm³/mol. The van der Waals surface area contributed by atoms with Crippen LogP contribution in [0.2, 0.25) is 0 Å². The highest BCUT2D eigenvalue weighted by Crippen LogP contribution is 2.41. The highest BCUT2D eigenvalue weighted by atomic mass is 31.2. The number of methoxy groups -OCH3 is 1. The van der Waals surface area contributed by atoms with Crippen LogP contribution in [0.5, 0.6) is 11.5 Å². The second-order valence-corrected chi connectivity index (χ2v) is 4.99. The van der Waals surface area contributed by atoms with Gasteiger partial charge in [0.25, 0.3) is 0 Å². The molecule has 126 valence electrons. The minimum atomic E-state index is -4.75. The van der Waals surface area contributed by atoms with Gasteiger partial charge in [0.05, 0.1) is 7.11 Å². The number of phenols is 1. The van der Waals surface area contributed by atoms with Crippen molar-refractivity contribution < 1.29 is 33.5 Å². The maximum atomic E-state index is 11.3. The highest BCUT2D eigenvalue weighted by molar-refractivity contribution is 7.46. The summed E-state index contributed by atoms with van der Waals surface area (Å²) in [5, 5.41) is 9.60. The summed E-state index contributed by atoms with van der Waals surface area (Å²) in [4.78, 5) is 28.6. The van der Waals surface area contributed by atoms with Gasteiger partial charge in [-0.1, -0.05) is 19.9 Å². The Balaban J connectivity index is 0.00000211. The van der Waals surface area contributed by atoms with Crippen molar-refractivity contribution in [1.29, 1.82) is 0 Å². The average molecular weight is 336 g/mol. The molecule has 0 fully saturated rings. The second-order valence-electron chi connectivity index (χ2n) is 3.83. The van der Waals surface area contributed by atoms with Crippen LogP contribution in [0.4, 0.5) is 0 Å². The average Bonchev–Trinajstić information content (AvgIpc) is 2.47. The fourth-order valence-corrected chi connectivity index (χ4v) is 1.89. The number of carbonyl (C=O) groups is 1. The van der Waals surface area contributed by atoms with Crippen molar-refractivity contribution in [3.05, 3.63) is 23.8 Å². The number of nitrogens with two attached hydrogens (primary N) is 1. The summed E-state index contributed by atoms with van der Waals surface area (Å²) < 4.78 is 19.5. The first-order valence-electron chi connectivity index (χ1n) is 6.38. The van der Waals surface area contributed by atoms with E-state index in [1.807, 2.05) is 13.8 Å². The third kappa shape index (κ3) is 6.88. The molecule has 0 bridgehead atoms. The molecule has 1 aromatic carbocycles. The molecule has 0 saturated heterocycles. The zero-order valence-electron chi connectivity index (χ0n) is 12.5. The Morgan fingerprint density at radius 3 is 2.41 bits per heavy atom. The Kier molecular flexibility index (Phi) is 8.69. The molecule has 6 N–H and O–H groups in total. The molecule has 22 heavy (non-hydrogen) atoms. The number of phenolic OH excluding ortho intramolecular Hbond substituents is 1. The van der Waals surface area contributed by atoms with E-state index in [1.54, 1.807) is 0 Å². The molecule has 1 rings (SSSR count). The molecule has 10 heteroatoms. The normalized spacial score (nSPS) is 11.9. The van der Waals surface area contributed by atoms with Crippen molar-refractivity contribution in [2.75, 3.05) is 7.11 Å². The van der Waals surface area contributed by atoms with Gasteiger partial charge in [0.2, 0.25) is 0 Å². The quantitative estimate of drug-likeness (QED) is 0.215. The monoisotopic (exact) mass is 336 g/mol.